The second kappa shape index (κ2) is 8.41. The number of rotatable bonds is 4. The molecule has 1 aromatic heterocycles. The van der Waals surface area contributed by atoms with Crippen molar-refractivity contribution in [1.29, 1.82) is 0 Å². The fraction of sp³-hybridized carbons (Fsp3) is 0.571. The monoisotopic (exact) mass is 399 g/mol. The van der Waals surface area contributed by atoms with Crippen LogP contribution in [-0.4, -0.2) is 58.6 Å². The Labute approximate surface area is 170 Å². The second-order valence-electron chi connectivity index (χ2n) is 7.93. The maximum atomic E-state index is 12.3. The first-order valence-corrected chi connectivity index (χ1v) is 10.4. The molecule has 0 N–H and O–H groups in total. The Hall–Kier alpha value is -2.61. The van der Waals surface area contributed by atoms with E-state index < -0.39 is 0 Å². The highest BCUT2D eigenvalue weighted by molar-refractivity contribution is 5.58. The van der Waals surface area contributed by atoms with E-state index in [0.717, 1.165) is 62.2 Å². The van der Waals surface area contributed by atoms with Gasteiger partial charge in [-0.3, -0.25) is 14.3 Å². The Morgan fingerprint density at radius 1 is 0.966 bits per heavy atom. The van der Waals surface area contributed by atoms with Gasteiger partial charge in [0.25, 0.3) is 5.56 Å². The van der Waals surface area contributed by atoms with Crippen LogP contribution in [0.2, 0.25) is 0 Å². The summed E-state index contributed by atoms with van der Waals surface area (Å²) in [5.74, 6) is 0.927. The minimum Gasteiger partial charge on any atom is -0.495 e. The van der Waals surface area contributed by atoms with Crippen molar-refractivity contribution in [2.24, 2.45) is 7.05 Å². The number of anilines is 1. The molecule has 2 aromatic rings. The van der Waals surface area contributed by atoms with E-state index in [4.69, 9.17) is 4.74 Å². The third kappa shape index (κ3) is 3.94. The predicted octanol–water partition coefficient (Wildman–Crippen LogP) is 1.26. The van der Waals surface area contributed by atoms with Crippen molar-refractivity contribution >= 4 is 5.69 Å². The lowest BCUT2D eigenvalue weighted by atomic mass is 9.90. The Morgan fingerprint density at radius 3 is 2.31 bits per heavy atom. The molecule has 1 aromatic carbocycles. The number of methoxy groups -OCH3 is 1. The van der Waals surface area contributed by atoms with E-state index in [1.54, 1.807) is 7.11 Å². The topological polar surface area (TPSA) is 72.6 Å². The normalized spacial score (nSPS) is 23.2. The van der Waals surface area contributed by atoms with Gasteiger partial charge in [-0.15, -0.1) is 0 Å². The molecule has 2 fully saturated rings. The summed E-state index contributed by atoms with van der Waals surface area (Å²) in [4.78, 5) is 28.9. The van der Waals surface area contributed by atoms with Crippen molar-refractivity contribution in [3.8, 4) is 5.75 Å². The van der Waals surface area contributed by atoms with Gasteiger partial charge in [-0.05, 0) is 37.8 Å². The zero-order chi connectivity index (χ0) is 20.4. The van der Waals surface area contributed by atoms with E-state index in [1.807, 2.05) is 12.1 Å². The molecular formula is C21H29N5O3. The molecule has 0 bridgehead atoms. The van der Waals surface area contributed by atoms with Crippen LogP contribution in [0.5, 0.6) is 5.75 Å². The molecular weight excluding hydrogens is 370 g/mol. The van der Waals surface area contributed by atoms with Crippen LogP contribution in [0.4, 0.5) is 5.69 Å². The summed E-state index contributed by atoms with van der Waals surface area (Å²) in [6.45, 7) is 4.04. The molecule has 29 heavy (non-hydrogen) atoms. The van der Waals surface area contributed by atoms with Gasteiger partial charge in [0.1, 0.15) is 11.9 Å². The summed E-state index contributed by atoms with van der Waals surface area (Å²) in [5.41, 5.74) is 0.498. The molecule has 1 aliphatic heterocycles. The third-order valence-electron chi connectivity index (χ3n) is 6.37. The molecule has 156 valence electrons. The number of piperazine rings is 1. The van der Waals surface area contributed by atoms with Gasteiger partial charge >= 0.3 is 5.69 Å². The van der Waals surface area contributed by atoms with Gasteiger partial charge in [0.05, 0.1) is 18.8 Å². The van der Waals surface area contributed by atoms with Gasteiger partial charge in [-0.25, -0.2) is 9.48 Å². The maximum Gasteiger partial charge on any atom is 0.347 e. The number of benzene rings is 1. The van der Waals surface area contributed by atoms with Crippen LogP contribution in [0.3, 0.4) is 0 Å². The Kier molecular flexibility index (Phi) is 5.71. The Balaban J connectivity index is 1.34. The SMILES string of the molecule is COc1ccccc1N1CCN(C2CCC(n3ncc(=O)n(C)c3=O)CC2)CC1. The van der Waals surface area contributed by atoms with Crippen molar-refractivity contribution in [3.63, 3.8) is 0 Å². The predicted molar refractivity (Wildman–Crippen MR) is 112 cm³/mol. The van der Waals surface area contributed by atoms with E-state index in [1.165, 1.54) is 23.6 Å². The average molecular weight is 399 g/mol. The van der Waals surface area contributed by atoms with Gasteiger partial charge in [0.2, 0.25) is 0 Å². The number of nitrogens with zero attached hydrogens (tertiary/aromatic N) is 5. The molecule has 4 rings (SSSR count). The highest BCUT2D eigenvalue weighted by Gasteiger charge is 2.30. The third-order valence-corrected chi connectivity index (χ3v) is 6.37. The molecule has 2 aliphatic rings. The molecule has 1 saturated heterocycles. The van der Waals surface area contributed by atoms with Gasteiger partial charge in [0.15, 0.2) is 0 Å². The largest absolute Gasteiger partial charge is 0.495 e. The molecule has 0 unspecified atom stereocenters. The lowest BCUT2D eigenvalue weighted by Gasteiger charge is -2.42. The van der Waals surface area contributed by atoms with E-state index in [-0.39, 0.29) is 17.3 Å². The standard InChI is InChI=1S/C21H29N5O3/c1-23-20(27)15-22-26(21(23)28)17-9-7-16(8-10-17)24-11-13-25(14-12-24)18-5-3-4-6-19(18)29-2/h3-6,15-17H,7-14H2,1-2H3. The second-order valence-corrected chi connectivity index (χ2v) is 7.93. The molecule has 0 spiro atoms. The molecule has 0 radical (unpaired) electrons. The molecule has 1 aliphatic carbocycles. The average Bonchev–Trinajstić information content (AvgIpc) is 2.78. The smallest absolute Gasteiger partial charge is 0.347 e. The summed E-state index contributed by atoms with van der Waals surface area (Å²) < 4.78 is 8.14. The molecule has 0 amide bonds. The van der Waals surface area contributed by atoms with Crippen LogP contribution in [-0.2, 0) is 7.05 Å². The minimum atomic E-state index is -0.354. The molecule has 2 heterocycles. The number of para-hydroxylation sites is 2. The fourth-order valence-corrected chi connectivity index (χ4v) is 4.63. The van der Waals surface area contributed by atoms with E-state index in [9.17, 15) is 9.59 Å². The van der Waals surface area contributed by atoms with E-state index in [2.05, 4.69) is 27.0 Å². The maximum absolute atomic E-state index is 12.3. The van der Waals surface area contributed by atoms with Crippen LogP contribution in [0, 0.1) is 0 Å². The summed E-state index contributed by atoms with van der Waals surface area (Å²) in [6.07, 6.45) is 5.18. The summed E-state index contributed by atoms with van der Waals surface area (Å²) >= 11 is 0. The van der Waals surface area contributed by atoms with Crippen LogP contribution in [0.1, 0.15) is 31.7 Å². The highest BCUT2D eigenvalue weighted by atomic mass is 16.5. The molecule has 0 atom stereocenters. The molecule has 8 heteroatoms. The zero-order valence-corrected chi connectivity index (χ0v) is 17.2. The van der Waals surface area contributed by atoms with Crippen molar-refractivity contribution in [3.05, 3.63) is 51.3 Å². The van der Waals surface area contributed by atoms with E-state index in [0.29, 0.717) is 6.04 Å². The van der Waals surface area contributed by atoms with Gasteiger partial charge in [-0.2, -0.15) is 5.10 Å². The van der Waals surface area contributed by atoms with E-state index >= 15 is 0 Å². The highest BCUT2D eigenvalue weighted by Crippen LogP contribution is 2.32. The number of hydrogen-bond donors (Lipinski definition) is 0. The summed E-state index contributed by atoms with van der Waals surface area (Å²) in [6, 6.07) is 8.83. The van der Waals surface area contributed by atoms with Crippen LogP contribution in [0.15, 0.2) is 40.1 Å². The minimum absolute atomic E-state index is 0.0837. The van der Waals surface area contributed by atoms with Crippen molar-refractivity contribution in [2.45, 2.75) is 37.8 Å². The summed E-state index contributed by atoms with van der Waals surface area (Å²) in [7, 11) is 3.23. The van der Waals surface area contributed by atoms with Gasteiger partial charge < -0.3 is 9.64 Å². The van der Waals surface area contributed by atoms with Crippen molar-refractivity contribution in [1.82, 2.24) is 19.2 Å². The van der Waals surface area contributed by atoms with Gasteiger partial charge in [-0.1, -0.05) is 12.1 Å². The first-order valence-electron chi connectivity index (χ1n) is 10.4. The van der Waals surface area contributed by atoms with Crippen molar-refractivity contribution < 1.29 is 4.74 Å². The van der Waals surface area contributed by atoms with Gasteiger partial charge in [0, 0.05) is 39.3 Å². The lowest BCUT2D eigenvalue weighted by molar-refractivity contribution is 0.126. The number of aromatic nitrogens is 3. The first-order chi connectivity index (χ1) is 14.1. The molecule has 8 nitrogen and oxygen atoms in total. The van der Waals surface area contributed by atoms with Crippen molar-refractivity contribution in [2.75, 3.05) is 38.2 Å². The Morgan fingerprint density at radius 2 is 1.62 bits per heavy atom. The zero-order valence-electron chi connectivity index (χ0n) is 17.2. The quantitative estimate of drug-likeness (QED) is 0.771. The van der Waals surface area contributed by atoms with Crippen LogP contribution in [0.25, 0.3) is 0 Å². The first kappa shape index (κ1) is 19.7. The lowest BCUT2D eigenvalue weighted by Crippen LogP contribution is -2.51. The Bertz CT molecular complexity index is 953. The molecule has 1 saturated carbocycles. The van der Waals surface area contributed by atoms with Crippen LogP contribution >= 0.6 is 0 Å². The summed E-state index contributed by atoms with van der Waals surface area (Å²) in [5, 5.41) is 4.10. The van der Waals surface area contributed by atoms with Crippen LogP contribution < -0.4 is 20.9 Å². The number of ether oxygens (including phenoxy) is 1. The number of hydrogen-bond acceptors (Lipinski definition) is 6. The fourth-order valence-electron chi connectivity index (χ4n) is 4.63.